The fourth-order valence-electron chi connectivity index (χ4n) is 3.00. The lowest BCUT2D eigenvalue weighted by molar-refractivity contribution is -0.150. The minimum absolute atomic E-state index is 0.0616. The van der Waals surface area contributed by atoms with Gasteiger partial charge in [-0.15, -0.1) is 11.8 Å². The molecule has 170 valence electrons. The van der Waals surface area contributed by atoms with E-state index in [1.54, 1.807) is 6.07 Å². The number of carboxylic acid groups (broad SMARTS) is 1. The standard InChI is InChI=1S/C18H16BrN3O8S2/c1-29-21-11(9(23)5-19)14(24)20-12-15(25)22-13(17(26)27)8(6-31-16(12)22)7-32-18(28)10-3-2-4-30-10/h2-4,12,16H,5-7H2,1H3,(H,20,24)(H,26,27)/b21-11-/t12-,16-/m1/s1. The van der Waals surface area contributed by atoms with Crippen molar-refractivity contribution in [1.82, 2.24) is 10.2 Å². The van der Waals surface area contributed by atoms with E-state index in [4.69, 9.17) is 4.42 Å². The predicted molar refractivity (Wildman–Crippen MR) is 118 cm³/mol. The SMILES string of the molecule is CO/N=C(/C(=O)CBr)C(=O)N[C@@H]1C(=O)N2C(C(=O)O)=C(CSC(=O)c3ccco3)CS[C@H]12. The van der Waals surface area contributed by atoms with Crippen LogP contribution >= 0.6 is 39.5 Å². The van der Waals surface area contributed by atoms with Crippen LogP contribution < -0.4 is 5.32 Å². The van der Waals surface area contributed by atoms with Crippen LogP contribution in [0.25, 0.3) is 0 Å². The highest BCUT2D eigenvalue weighted by Crippen LogP contribution is 2.41. The van der Waals surface area contributed by atoms with Crippen molar-refractivity contribution in [3.63, 3.8) is 0 Å². The van der Waals surface area contributed by atoms with Crippen molar-refractivity contribution < 1.29 is 38.3 Å². The number of nitrogens with one attached hydrogen (secondary N) is 1. The Morgan fingerprint density at radius 3 is 2.78 bits per heavy atom. The van der Waals surface area contributed by atoms with Crippen molar-refractivity contribution in [1.29, 1.82) is 0 Å². The summed E-state index contributed by atoms with van der Waals surface area (Å²) in [5.41, 5.74) is -0.330. The van der Waals surface area contributed by atoms with Gasteiger partial charge in [-0.05, 0) is 17.7 Å². The summed E-state index contributed by atoms with van der Waals surface area (Å²) < 4.78 is 5.03. The number of amides is 2. The Labute approximate surface area is 198 Å². The van der Waals surface area contributed by atoms with Crippen LogP contribution in [0.1, 0.15) is 10.6 Å². The molecule has 0 aliphatic carbocycles. The molecule has 0 aromatic carbocycles. The van der Waals surface area contributed by atoms with Crippen LogP contribution in [0.15, 0.2) is 39.2 Å². The third-order valence-corrected chi connectivity index (χ3v) is 7.22. The number of furan rings is 1. The lowest BCUT2D eigenvalue weighted by Crippen LogP contribution is -2.71. The van der Waals surface area contributed by atoms with E-state index in [0.717, 1.165) is 16.7 Å². The van der Waals surface area contributed by atoms with Crippen molar-refractivity contribution in [3.05, 3.63) is 35.4 Å². The molecule has 0 radical (unpaired) electrons. The molecule has 1 fully saturated rings. The summed E-state index contributed by atoms with van der Waals surface area (Å²) in [5, 5.41) is 14.3. The molecule has 0 bridgehead atoms. The lowest BCUT2D eigenvalue weighted by Gasteiger charge is -2.49. The molecular formula is C18H16BrN3O8S2. The van der Waals surface area contributed by atoms with E-state index < -0.39 is 40.7 Å². The number of hydrogen-bond donors (Lipinski definition) is 2. The monoisotopic (exact) mass is 545 g/mol. The van der Waals surface area contributed by atoms with Gasteiger partial charge in [-0.1, -0.05) is 32.8 Å². The second kappa shape index (κ2) is 10.4. The number of rotatable bonds is 9. The molecule has 0 spiro atoms. The molecule has 32 heavy (non-hydrogen) atoms. The fourth-order valence-corrected chi connectivity index (χ4v) is 5.54. The Hall–Kier alpha value is -2.58. The van der Waals surface area contributed by atoms with Gasteiger partial charge in [-0.3, -0.25) is 24.1 Å². The summed E-state index contributed by atoms with van der Waals surface area (Å²) in [4.78, 5) is 66.5. The zero-order valence-electron chi connectivity index (χ0n) is 16.4. The van der Waals surface area contributed by atoms with E-state index in [0.29, 0.717) is 5.57 Å². The number of Topliss-reactive ketones (excluding diaryl/α,β-unsaturated/α-hetero) is 1. The maximum Gasteiger partial charge on any atom is 0.352 e. The van der Waals surface area contributed by atoms with Crippen molar-refractivity contribution >= 4 is 73.8 Å². The molecule has 1 aromatic rings. The van der Waals surface area contributed by atoms with E-state index in [1.807, 2.05) is 0 Å². The molecule has 11 nitrogen and oxygen atoms in total. The molecule has 0 saturated carbocycles. The van der Waals surface area contributed by atoms with Crippen LogP contribution in [0.4, 0.5) is 0 Å². The van der Waals surface area contributed by atoms with Gasteiger partial charge in [0.2, 0.25) is 11.5 Å². The Morgan fingerprint density at radius 2 is 2.19 bits per heavy atom. The fraction of sp³-hybridized carbons (Fsp3) is 0.333. The Kier molecular flexibility index (Phi) is 7.79. The highest BCUT2D eigenvalue weighted by Gasteiger charge is 2.54. The highest BCUT2D eigenvalue weighted by atomic mass is 79.9. The molecule has 2 atom stereocenters. The third-order valence-electron chi connectivity index (χ3n) is 4.42. The molecule has 2 amide bonds. The Morgan fingerprint density at radius 1 is 1.44 bits per heavy atom. The molecule has 2 aliphatic rings. The second-order valence-electron chi connectivity index (χ2n) is 6.35. The quantitative estimate of drug-likeness (QED) is 0.150. The van der Waals surface area contributed by atoms with E-state index in [-0.39, 0.29) is 33.4 Å². The van der Waals surface area contributed by atoms with Crippen LogP contribution in [0.5, 0.6) is 0 Å². The summed E-state index contributed by atoms with van der Waals surface area (Å²) in [6.45, 7) is 0. The number of nitrogens with zero attached hydrogens (tertiary/aromatic N) is 2. The number of alkyl halides is 1. The van der Waals surface area contributed by atoms with Gasteiger partial charge in [-0.2, -0.15) is 0 Å². The molecule has 2 aliphatic heterocycles. The average molecular weight is 546 g/mol. The Bertz CT molecular complexity index is 1020. The number of carboxylic acids is 1. The maximum atomic E-state index is 12.7. The molecule has 2 N–H and O–H groups in total. The van der Waals surface area contributed by atoms with Crippen LogP contribution in [0.3, 0.4) is 0 Å². The number of halogens is 1. The largest absolute Gasteiger partial charge is 0.477 e. The lowest BCUT2D eigenvalue weighted by atomic mass is 10.0. The number of aliphatic carboxylic acids is 1. The van der Waals surface area contributed by atoms with Crippen molar-refractivity contribution in [2.45, 2.75) is 11.4 Å². The minimum atomic E-state index is -1.31. The molecular weight excluding hydrogens is 530 g/mol. The smallest absolute Gasteiger partial charge is 0.352 e. The van der Waals surface area contributed by atoms with E-state index in [1.165, 1.54) is 31.2 Å². The van der Waals surface area contributed by atoms with Crippen molar-refractivity contribution in [3.8, 4) is 0 Å². The number of thioether (sulfide) groups is 2. The second-order valence-corrected chi connectivity index (χ2v) is 8.96. The zero-order chi connectivity index (χ0) is 23.4. The number of carbonyl (C=O) groups excluding carboxylic acids is 4. The molecule has 3 rings (SSSR count). The minimum Gasteiger partial charge on any atom is -0.477 e. The van der Waals surface area contributed by atoms with Crippen molar-refractivity contribution in [2.24, 2.45) is 5.16 Å². The van der Waals surface area contributed by atoms with E-state index in [9.17, 15) is 29.1 Å². The average Bonchev–Trinajstić information content (AvgIpc) is 3.33. The first-order chi connectivity index (χ1) is 15.3. The first kappa shape index (κ1) is 24.1. The highest BCUT2D eigenvalue weighted by molar-refractivity contribution is 9.09. The van der Waals surface area contributed by atoms with Gasteiger partial charge in [0.05, 0.1) is 11.6 Å². The summed E-state index contributed by atoms with van der Waals surface area (Å²) in [6.07, 6.45) is 1.36. The number of ketones is 1. The zero-order valence-corrected chi connectivity index (χ0v) is 19.6. The number of β-lactam (4-membered cyclic amide) rings is 1. The summed E-state index contributed by atoms with van der Waals surface area (Å²) in [5.74, 6) is -3.06. The molecule has 3 heterocycles. The molecule has 0 unspecified atom stereocenters. The van der Waals surface area contributed by atoms with Gasteiger partial charge >= 0.3 is 5.97 Å². The number of fused-ring (bicyclic) bond motifs is 1. The van der Waals surface area contributed by atoms with Crippen LogP contribution in [-0.2, 0) is 24.0 Å². The Balaban J connectivity index is 1.73. The van der Waals surface area contributed by atoms with Gasteiger partial charge in [0.25, 0.3) is 16.9 Å². The van der Waals surface area contributed by atoms with Crippen LogP contribution in [-0.4, -0.2) is 79.8 Å². The third kappa shape index (κ3) is 4.76. The first-order valence-electron chi connectivity index (χ1n) is 8.92. The predicted octanol–water partition coefficient (Wildman–Crippen LogP) is 0.858. The first-order valence-corrected chi connectivity index (χ1v) is 12.1. The molecule has 14 heteroatoms. The van der Waals surface area contributed by atoms with Gasteiger partial charge < -0.3 is 19.7 Å². The topological polar surface area (TPSA) is 156 Å². The van der Waals surface area contributed by atoms with E-state index in [2.05, 4.69) is 31.2 Å². The summed E-state index contributed by atoms with van der Waals surface area (Å²) in [7, 11) is 1.17. The summed E-state index contributed by atoms with van der Waals surface area (Å²) in [6, 6.07) is 2.03. The summed E-state index contributed by atoms with van der Waals surface area (Å²) >= 11 is 5.05. The van der Waals surface area contributed by atoms with E-state index >= 15 is 0 Å². The number of hydrogen-bond acceptors (Lipinski definition) is 10. The number of carbonyl (C=O) groups is 5. The normalized spacial score (nSPS) is 20.4. The maximum absolute atomic E-state index is 12.7. The van der Waals surface area contributed by atoms with Gasteiger partial charge in [-0.25, -0.2) is 4.79 Å². The molecule has 1 aromatic heterocycles. The molecule has 1 saturated heterocycles. The van der Waals surface area contributed by atoms with Crippen LogP contribution in [0.2, 0.25) is 0 Å². The van der Waals surface area contributed by atoms with Gasteiger partial charge in [0.15, 0.2) is 5.76 Å². The van der Waals surface area contributed by atoms with Gasteiger partial charge in [0, 0.05) is 11.5 Å². The van der Waals surface area contributed by atoms with Gasteiger partial charge in [0.1, 0.15) is 24.2 Å². The number of oxime groups is 1. The van der Waals surface area contributed by atoms with Crippen LogP contribution in [0, 0.1) is 0 Å². The van der Waals surface area contributed by atoms with Crippen molar-refractivity contribution in [2.75, 3.05) is 23.9 Å².